The summed E-state index contributed by atoms with van der Waals surface area (Å²) in [6.45, 7) is 0. The molecule has 1 radical (unpaired) electrons. The van der Waals surface area contributed by atoms with E-state index in [4.69, 9.17) is 0 Å². The second-order valence-electron chi connectivity index (χ2n) is 7.03. The van der Waals surface area contributed by atoms with Gasteiger partial charge in [0.1, 0.15) is 0 Å². The number of rotatable bonds is 0. The molecule has 0 spiro atoms. The van der Waals surface area contributed by atoms with Crippen LogP contribution in [-0.2, 0) is 0 Å². The molecule has 131 valence electrons. The maximum atomic E-state index is 3.38. The fourth-order valence-corrected chi connectivity index (χ4v) is 3.23. The zero-order chi connectivity index (χ0) is 16.3. The summed E-state index contributed by atoms with van der Waals surface area (Å²) in [5.41, 5.74) is 0. The second kappa shape index (κ2) is 17.6. The molecule has 0 bridgehead atoms. The Morgan fingerprint density at radius 2 is 0.913 bits per heavy atom. The average Bonchev–Trinajstić information content (AvgIpc) is 2.56. The summed E-state index contributed by atoms with van der Waals surface area (Å²) in [7, 11) is 0. The van der Waals surface area contributed by atoms with Gasteiger partial charge in [0.15, 0.2) is 0 Å². The molecule has 0 fully saturated rings. The summed E-state index contributed by atoms with van der Waals surface area (Å²) in [5.74, 6) is 0. The van der Waals surface area contributed by atoms with Crippen LogP contribution in [0.15, 0.2) is 30.4 Å². The first-order valence-electron chi connectivity index (χ1n) is 10.4. The lowest BCUT2D eigenvalue weighted by Gasteiger charge is -2.03. The highest BCUT2D eigenvalue weighted by Crippen LogP contribution is 2.14. The highest BCUT2D eigenvalue weighted by atomic mass is 14.0. The lowest BCUT2D eigenvalue weighted by atomic mass is 10.0. The van der Waals surface area contributed by atoms with Crippen LogP contribution in [0.2, 0.25) is 0 Å². The van der Waals surface area contributed by atoms with Crippen molar-refractivity contribution in [3.05, 3.63) is 36.5 Å². The van der Waals surface area contributed by atoms with Crippen LogP contribution < -0.4 is 0 Å². The Labute approximate surface area is 146 Å². The van der Waals surface area contributed by atoms with Crippen LogP contribution in [0.3, 0.4) is 0 Å². The lowest BCUT2D eigenvalue weighted by molar-refractivity contribution is 0.531. The number of hydrogen-bond acceptors (Lipinski definition) is 0. The zero-order valence-corrected chi connectivity index (χ0v) is 15.4. The van der Waals surface area contributed by atoms with Gasteiger partial charge >= 0.3 is 0 Å². The van der Waals surface area contributed by atoms with Crippen molar-refractivity contribution in [1.82, 2.24) is 0 Å². The van der Waals surface area contributed by atoms with Gasteiger partial charge in [-0.05, 0) is 31.8 Å². The molecule has 0 aliphatic heterocycles. The third-order valence-corrected chi connectivity index (χ3v) is 4.76. The number of allylic oxidation sites excluding steroid dienone is 6. The molecule has 0 aromatic heterocycles. The Balaban J connectivity index is 2.15. The minimum absolute atomic E-state index is 1.12. The van der Waals surface area contributed by atoms with Crippen molar-refractivity contribution in [2.75, 3.05) is 0 Å². The van der Waals surface area contributed by atoms with Gasteiger partial charge in [-0.15, -0.1) is 0 Å². The van der Waals surface area contributed by atoms with Crippen LogP contribution >= 0.6 is 0 Å². The van der Waals surface area contributed by atoms with E-state index >= 15 is 0 Å². The SMILES string of the molecule is [C]1=C/C=C/C=C/CCCCCCCCCCCCCCCCC/1. The topological polar surface area (TPSA) is 0 Å². The van der Waals surface area contributed by atoms with Crippen molar-refractivity contribution >= 4 is 0 Å². The average molecular weight is 316 g/mol. The molecule has 0 saturated carbocycles. The number of hydrogen-bond donors (Lipinski definition) is 0. The molecule has 0 aromatic rings. The van der Waals surface area contributed by atoms with Crippen LogP contribution in [0, 0.1) is 6.08 Å². The smallest absolute Gasteiger partial charge is 0.0276 e. The summed E-state index contributed by atoms with van der Waals surface area (Å²) in [4.78, 5) is 0. The summed E-state index contributed by atoms with van der Waals surface area (Å²) in [6.07, 6.45) is 38.0. The Morgan fingerprint density at radius 1 is 0.435 bits per heavy atom. The quantitative estimate of drug-likeness (QED) is 0.423. The molecular weight excluding hydrogens is 276 g/mol. The molecule has 0 heteroatoms. The summed E-state index contributed by atoms with van der Waals surface area (Å²) >= 11 is 0. The van der Waals surface area contributed by atoms with Gasteiger partial charge in [-0.25, -0.2) is 0 Å². The zero-order valence-electron chi connectivity index (χ0n) is 15.4. The van der Waals surface area contributed by atoms with Gasteiger partial charge in [0.05, 0.1) is 0 Å². The minimum atomic E-state index is 1.12. The van der Waals surface area contributed by atoms with Crippen LogP contribution in [0.1, 0.15) is 109 Å². The molecule has 0 nitrogen and oxygen atoms in total. The van der Waals surface area contributed by atoms with Crippen molar-refractivity contribution in [2.24, 2.45) is 0 Å². The van der Waals surface area contributed by atoms with Crippen molar-refractivity contribution in [3.8, 4) is 0 Å². The highest BCUT2D eigenvalue weighted by molar-refractivity contribution is 5.09. The Bertz CT molecular complexity index is 278. The van der Waals surface area contributed by atoms with E-state index in [-0.39, 0.29) is 0 Å². The predicted molar refractivity (Wildman–Crippen MR) is 105 cm³/mol. The lowest BCUT2D eigenvalue weighted by Crippen LogP contribution is -1.83. The molecule has 0 unspecified atom stereocenters. The predicted octanol–water partition coefficient (Wildman–Crippen LogP) is 8.10. The van der Waals surface area contributed by atoms with Crippen LogP contribution in [0.4, 0.5) is 0 Å². The van der Waals surface area contributed by atoms with E-state index in [0.717, 1.165) is 6.42 Å². The van der Waals surface area contributed by atoms with Crippen LogP contribution in [0.5, 0.6) is 0 Å². The van der Waals surface area contributed by atoms with E-state index in [0.29, 0.717) is 0 Å². The molecule has 0 N–H and O–H groups in total. The molecular formula is C23H39. The van der Waals surface area contributed by atoms with Gasteiger partial charge in [0.2, 0.25) is 0 Å². The van der Waals surface area contributed by atoms with E-state index in [9.17, 15) is 0 Å². The Kier molecular flexibility index (Phi) is 15.5. The fraction of sp³-hybridized carbons (Fsp3) is 0.739. The fourth-order valence-electron chi connectivity index (χ4n) is 3.23. The molecule has 1 aliphatic rings. The third kappa shape index (κ3) is 15.9. The van der Waals surface area contributed by atoms with Gasteiger partial charge in [-0.2, -0.15) is 0 Å². The first kappa shape index (κ1) is 20.3. The first-order valence-corrected chi connectivity index (χ1v) is 10.4. The van der Waals surface area contributed by atoms with E-state index in [1.807, 2.05) is 0 Å². The van der Waals surface area contributed by atoms with Crippen molar-refractivity contribution in [2.45, 2.75) is 109 Å². The molecule has 1 aliphatic carbocycles. The van der Waals surface area contributed by atoms with Gasteiger partial charge in [0.25, 0.3) is 0 Å². The largest absolute Gasteiger partial charge is 0.0845 e. The highest BCUT2D eigenvalue weighted by Gasteiger charge is 1.94. The first-order chi connectivity index (χ1) is 11.5. The normalized spacial score (nSPS) is 26.1. The van der Waals surface area contributed by atoms with Crippen molar-refractivity contribution < 1.29 is 0 Å². The van der Waals surface area contributed by atoms with Gasteiger partial charge < -0.3 is 0 Å². The molecule has 23 heavy (non-hydrogen) atoms. The monoisotopic (exact) mass is 315 g/mol. The molecule has 0 saturated heterocycles. The van der Waals surface area contributed by atoms with Gasteiger partial charge in [-0.3, -0.25) is 0 Å². The van der Waals surface area contributed by atoms with Gasteiger partial charge in [0, 0.05) is 0 Å². The summed E-state index contributed by atoms with van der Waals surface area (Å²) < 4.78 is 0. The molecule has 1 rings (SSSR count). The molecule has 0 aromatic carbocycles. The van der Waals surface area contributed by atoms with Gasteiger partial charge in [-0.1, -0.05) is 114 Å². The van der Waals surface area contributed by atoms with E-state index in [2.05, 4.69) is 36.5 Å². The molecule has 0 heterocycles. The molecule has 0 atom stereocenters. The Morgan fingerprint density at radius 3 is 1.48 bits per heavy atom. The van der Waals surface area contributed by atoms with Crippen LogP contribution in [-0.4, -0.2) is 0 Å². The standard InChI is InChI=1S/C23H39/c1-2-4-6-8-10-12-14-16-18-20-22-23-21-19-17-15-13-11-9-7-5-3-1/h1-5H,6,8-23H2/b3-1+,4-2+,7-5?. The molecule has 0 amide bonds. The van der Waals surface area contributed by atoms with E-state index in [1.165, 1.54) is 103 Å². The summed E-state index contributed by atoms with van der Waals surface area (Å²) in [6, 6.07) is 0. The van der Waals surface area contributed by atoms with E-state index in [1.54, 1.807) is 0 Å². The van der Waals surface area contributed by atoms with E-state index < -0.39 is 0 Å². The second-order valence-corrected chi connectivity index (χ2v) is 7.03. The van der Waals surface area contributed by atoms with Crippen LogP contribution in [0.25, 0.3) is 0 Å². The van der Waals surface area contributed by atoms with Crippen molar-refractivity contribution in [3.63, 3.8) is 0 Å². The van der Waals surface area contributed by atoms with Crippen molar-refractivity contribution in [1.29, 1.82) is 0 Å². The third-order valence-electron chi connectivity index (χ3n) is 4.76. The maximum absolute atomic E-state index is 3.38. The minimum Gasteiger partial charge on any atom is -0.0845 e. The summed E-state index contributed by atoms with van der Waals surface area (Å²) in [5, 5.41) is 0. The Hall–Kier alpha value is -0.780. The maximum Gasteiger partial charge on any atom is -0.0276 e.